The number of carbonyl (C=O) groups excluding carboxylic acids is 6. The Bertz CT molecular complexity index is 2070. The highest BCUT2D eigenvalue weighted by molar-refractivity contribution is 6.53. The Hall–Kier alpha value is -6.16. The molecule has 260 valence electrons. The van der Waals surface area contributed by atoms with Gasteiger partial charge in [0.1, 0.15) is 0 Å². The van der Waals surface area contributed by atoms with E-state index in [2.05, 4.69) is 0 Å². The highest BCUT2D eigenvalue weighted by atomic mass is 16.2. The van der Waals surface area contributed by atoms with Crippen LogP contribution < -0.4 is 19.6 Å². The molecule has 4 aromatic rings. The van der Waals surface area contributed by atoms with E-state index in [1.807, 2.05) is 60.7 Å². The van der Waals surface area contributed by atoms with Crippen molar-refractivity contribution >= 4 is 69.1 Å². The fraction of sp³-hybridized carbons (Fsp3) is 0.238. The van der Waals surface area contributed by atoms with Crippen molar-refractivity contribution in [1.29, 1.82) is 0 Å². The second kappa shape index (κ2) is 13.5. The maximum atomic E-state index is 14.2. The predicted molar refractivity (Wildman–Crippen MR) is 198 cm³/mol. The number of carbonyl (C=O) groups is 6. The molecule has 4 aliphatic rings. The molecule has 0 atom stereocenters. The van der Waals surface area contributed by atoms with Crippen molar-refractivity contribution in [3.8, 4) is 0 Å². The molecule has 0 aliphatic carbocycles. The first-order valence-corrected chi connectivity index (χ1v) is 17.8. The van der Waals surface area contributed by atoms with Gasteiger partial charge in [0, 0.05) is 37.3 Å². The molecule has 0 aromatic heterocycles. The van der Waals surface area contributed by atoms with Gasteiger partial charge in [0.25, 0.3) is 35.2 Å². The van der Waals surface area contributed by atoms with Crippen LogP contribution in [-0.2, 0) is 19.2 Å². The molecule has 10 nitrogen and oxygen atoms in total. The summed E-state index contributed by atoms with van der Waals surface area (Å²) in [5.41, 5.74) is 5.99. The third-order valence-electron chi connectivity index (χ3n) is 10.4. The Labute approximate surface area is 300 Å². The maximum Gasteiger partial charge on any atom is 0.299 e. The molecule has 4 aliphatic heterocycles. The van der Waals surface area contributed by atoms with Crippen molar-refractivity contribution in [2.24, 2.45) is 0 Å². The zero-order valence-corrected chi connectivity index (χ0v) is 28.5. The summed E-state index contributed by atoms with van der Waals surface area (Å²) in [6.45, 7) is 1.75. The Morgan fingerprint density at radius 1 is 0.308 bits per heavy atom. The lowest BCUT2D eigenvalue weighted by atomic mass is 9.96. The molecule has 4 amide bonds. The largest absolute Gasteiger partial charge is 0.308 e. The van der Waals surface area contributed by atoms with Gasteiger partial charge in [-0.05, 0) is 74.9 Å². The topological polar surface area (TPSA) is 115 Å². The lowest BCUT2D eigenvalue weighted by Crippen LogP contribution is -2.31. The molecule has 4 aromatic carbocycles. The summed E-state index contributed by atoms with van der Waals surface area (Å²) in [6.07, 6.45) is 4.18. The van der Waals surface area contributed by atoms with E-state index in [1.165, 1.54) is 0 Å². The molecule has 0 N–H and O–H groups in total. The van der Waals surface area contributed by atoms with Gasteiger partial charge >= 0.3 is 0 Å². The minimum Gasteiger partial charge on any atom is -0.308 e. The van der Waals surface area contributed by atoms with Crippen molar-refractivity contribution < 1.29 is 28.8 Å². The Kier molecular flexibility index (Phi) is 8.58. The van der Waals surface area contributed by atoms with Gasteiger partial charge in [0.2, 0.25) is 0 Å². The zero-order valence-electron chi connectivity index (χ0n) is 28.5. The van der Waals surface area contributed by atoms with Crippen molar-refractivity contribution in [2.75, 3.05) is 45.8 Å². The normalized spacial score (nSPS) is 17.5. The molecular weight excluding hydrogens is 656 g/mol. The summed E-state index contributed by atoms with van der Waals surface area (Å²) in [5, 5.41) is 0. The molecule has 0 saturated heterocycles. The summed E-state index contributed by atoms with van der Waals surface area (Å²) < 4.78 is 0. The van der Waals surface area contributed by atoms with Gasteiger partial charge in [-0.15, -0.1) is 0 Å². The number of ketones is 2. The van der Waals surface area contributed by atoms with Gasteiger partial charge in [-0.25, -0.2) is 0 Å². The van der Waals surface area contributed by atoms with Crippen LogP contribution in [0.25, 0.3) is 11.1 Å². The molecule has 0 fully saturated rings. The third-order valence-corrected chi connectivity index (χ3v) is 10.4. The second-order valence-electron chi connectivity index (χ2n) is 13.4. The number of nitrogens with zero attached hydrogens (tertiary/aromatic N) is 4. The minimum absolute atomic E-state index is 0.208. The van der Waals surface area contributed by atoms with E-state index in [-0.39, 0.29) is 11.8 Å². The fourth-order valence-electron chi connectivity index (χ4n) is 7.86. The molecule has 4 heterocycles. The number of unbranched alkanes of at least 4 members (excludes halogenated alkanes) is 4. The number of hydrogen-bond donors (Lipinski definition) is 0. The predicted octanol–water partition coefficient (Wildman–Crippen LogP) is 6.09. The van der Waals surface area contributed by atoms with Gasteiger partial charge in [0.15, 0.2) is 0 Å². The number of amides is 4. The number of para-hydroxylation sites is 4. The summed E-state index contributed by atoms with van der Waals surface area (Å²) in [4.78, 5) is 84.9. The number of rotatable bonds is 12. The van der Waals surface area contributed by atoms with Gasteiger partial charge in [-0.2, -0.15) is 0 Å². The number of fused-ring (bicyclic) bond motifs is 4. The first-order valence-electron chi connectivity index (χ1n) is 17.8. The van der Waals surface area contributed by atoms with Gasteiger partial charge < -0.3 is 19.6 Å². The monoisotopic (exact) mass is 692 g/mol. The average Bonchev–Trinajstić information content (AvgIpc) is 3.78. The van der Waals surface area contributed by atoms with Crippen LogP contribution in [0.3, 0.4) is 0 Å². The SMILES string of the molecule is O=C1C(=O)N(CCCCCN2C(=O)/C(=C3\C(=O)N(CCCCCN4C(=O)C(=O)c5ccccc54)c4ccccc43)c3ccccc32)c2ccccc21. The summed E-state index contributed by atoms with van der Waals surface area (Å²) in [5.74, 6) is -2.37. The van der Waals surface area contributed by atoms with E-state index < -0.39 is 23.4 Å². The lowest BCUT2D eigenvalue weighted by molar-refractivity contribution is -0.114. The number of anilines is 4. The molecule has 0 bridgehead atoms. The molecule has 10 heteroatoms. The van der Waals surface area contributed by atoms with E-state index in [0.29, 0.717) is 85.5 Å². The number of benzene rings is 4. The summed E-state index contributed by atoms with van der Waals surface area (Å²) in [7, 11) is 0. The second-order valence-corrected chi connectivity index (χ2v) is 13.4. The standard InChI is InChI=1S/C42H36N4O6/c47-37-29-17-5-9-21-33(29)45(41(37)51)25-13-1-11-23-43-31-19-7-3-15-27(31)35(39(43)49)36-28-16-4-8-20-32(28)44(40(36)50)24-12-2-14-26-46-34-22-10-6-18-30(34)38(48)42(46)52/h3-10,15-22H,1-2,11-14,23-26H2/b36-35-. The smallest absolute Gasteiger partial charge is 0.299 e. The van der Waals surface area contributed by atoms with Gasteiger partial charge in [0.05, 0.1) is 45.0 Å². The van der Waals surface area contributed by atoms with Crippen molar-refractivity contribution in [3.05, 3.63) is 119 Å². The third kappa shape index (κ3) is 5.42. The van der Waals surface area contributed by atoms with Gasteiger partial charge in [-0.3, -0.25) is 28.8 Å². The first-order chi connectivity index (χ1) is 25.4. The van der Waals surface area contributed by atoms with E-state index in [0.717, 1.165) is 35.3 Å². The summed E-state index contributed by atoms with van der Waals surface area (Å²) in [6, 6.07) is 29.2. The molecule has 8 rings (SSSR count). The van der Waals surface area contributed by atoms with Crippen LogP contribution in [0.5, 0.6) is 0 Å². The van der Waals surface area contributed by atoms with E-state index in [4.69, 9.17) is 0 Å². The van der Waals surface area contributed by atoms with Crippen molar-refractivity contribution in [2.45, 2.75) is 38.5 Å². The maximum absolute atomic E-state index is 14.2. The van der Waals surface area contributed by atoms with Crippen LogP contribution in [0.15, 0.2) is 97.1 Å². The Morgan fingerprint density at radius 3 is 0.923 bits per heavy atom. The van der Waals surface area contributed by atoms with Crippen LogP contribution in [0, 0.1) is 0 Å². The van der Waals surface area contributed by atoms with Gasteiger partial charge in [-0.1, -0.05) is 60.7 Å². The lowest BCUT2D eigenvalue weighted by Gasteiger charge is -2.19. The molecule has 0 radical (unpaired) electrons. The average molecular weight is 693 g/mol. The quantitative estimate of drug-likeness (QED) is 0.101. The molecule has 52 heavy (non-hydrogen) atoms. The van der Waals surface area contributed by atoms with E-state index in [9.17, 15) is 28.8 Å². The van der Waals surface area contributed by atoms with Crippen LogP contribution in [0.4, 0.5) is 22.7 Å². The van der Waals surface area contributed by atoms with E-state index in [1.54, 1.807) is 56.0 Å². The molecule has 0 unspecified atom stereocenters. The minimum atomic E-state index is -0.501. The summed E-state index contributed by atoms with van der Waals surface area (Å²) >= 11 is 0. The fourth-order valence-corrected chi connectivity index (χ4v) is 7.86. The zero-order chi connectivity index (χ0) is 35.9. The molecule has 0 spiro atoms. The number of hydrogen-bond acceptors (Lipinski definition) is 6. The van der Waals surface area contributed by atoms with Crippen LogP contribution in [0.1, 0.15) is 70.4 Å². The van der Waals surface area contributed by atoms with Crippen LogP contribution in [0.2, 0.25) is 0 Å². The molecule has 0 saturated carbocycles. The highest BCUT2D eigenvalue weighted by Crippen LogP contribution is 2.46. The van der Waals surface area contributed by atoms with E-state index >= 15 is 0 Å². The number of Topliss-reactive ketones (excluding diaryl/α,β-unsaturated/α-hetero) is 2. The Balaban J connectivity index is 0.929. The van der Waals surface area contributed by atoms with Crippen LogP contribution in [-0.4, -0.2) is 61.4 Å². The highest BCUT2D eigenvalue weighted by Gasteiger charge is 2.42. The van der Waals surface area contributed by atoms with Crippen molar-refractivity contribution in [3.63, 3.8) is 0 Å². The molecular formula is C42H36N4O6. The Morgan fingerprint density at radius 2 is 0.577 bits per heavy atom. The van der Waals surface area contributed by atoms with Crippen molar-refractivity contribution in [1.82, 2.24) is 0 Å². The van der Waals surface area contributed by atoms with Crippen LogP contribution >= 0.6 is 0 Å². The first kappa shape index (κ1) is 33.0.